The Hall–Kier alpha value is -1.86. The van der Waals surface area contributed by atoms with Crippen molar-refractivity contribution >= 4 is 17.4 Å². The Balaban J connectivity index is 2.10. The van der Waals surface area contributed by atoms with Gasteiger partial charge in [-0.3, -0.25) is 14.3 Å². The van der Waals surface area contributed by atoms with Crippen molar-refractivity contribution in [2.75, 3.05) is 24.7 Å². The molecule has 1 aliphatic heterocycles. The molecular weight excluding hydrogens is 294 g/mol. The van der Waals surface area contributed by atoms with Gasteiger partial charge in [-0.25, -0.2) is 4.98 Å². The number of aromatic nitrogens is 4. The van der Waals surface area contributed by atoms with Crippen LogP contribution in [0.25, 0.3) is 5.95 Å². The van der Waals surface area contributed by atoms with Crippen molar-refractivity contribution < 1.29 is 4.74 Å². The number of imidazole rings is 1. The van der Waals surface area contributed by atoms with E-state index in [0.29, 0.717) is 31.5 Å². The van der Waals surface area contributed by atoms with Crippen LogP contribution in [0.4, 0.5) is 5.82 Å². The maximum absolute atomic E-state index is 12.1. The number of nitrogens with zero attached hydrogens (tertiary/aromatic N) is 4. The zero-order chi connectivity index (χ0) is 15.0. The highest BCUT2D eigenvalue weighted by atomic mass is 35.5. The van der Waals surface area contributed by atoms with Crippen LogP contribution in [0, 0.1) is 6.92 Å². The molecule has 0 amide bonds. The second-order valence-corrected chi connectivity index (χ2v) is 5.37. The van der Waals surface area contributed by atoms with E-state index in [0.717, 1.165) is 5.82 Å². The van der Waals surface area contributed by atoms with Gasteiger partial charge in [-0.15, -0.1) is 0 Å². The lowest BCUT2D eigenvalue weighted by Gasteiger charge is -2.34. The third-order valence-corrected chi connectivity index (χ3v) is 3.87. The van der Waals surface area contributed by atoms with Gasteiger partial charge in [-0.2, -0.15) is 4.98 Å². The molecular formula is C13H16ClN5O2. The molecule has 0 spiro atoms. The molecule has 0 aromatic carbocycles. The molecule has 2 aromatic heterocycles. The maximum atomic E-state index is 12.1. The molecule has 0 unspecified atom stereocenters. The predicted octanol–water partition coefficient (Wildman–Crippen LogP) is 1.14. The molecule has 1 N–H and O–H groups in total. The highest BCUT2D eigenvalue weighted by molar-refractivity contribution is 6.32. The van der Waals surface area contributed by atoms with Gasteiger partial charge in [-0.1, -0.05) is 11.6 Å². The number of morpholine rings is 1. The van der Waals surface area contributed by atoms with Crippen LogP contribution < -0.4 is 10.5 Å². The number of nitrogens with one attached hydrogen (secondary N) is 1. The Kier molecular flexibility index (Phi) is 3.69. The minimum Gasteiger partial charge on any atom is -0.377 e. The van der Waals surface area contributed by atoms with Crippen LogP contribution in [0.15, 0.2) is 17.2 Å². The molecule has 112 valence electrons. The number of anilines is 1. The van der Waals surface area contributed by atoms with E-state index in [4.69, 9.17) is 16.3 Å². The fourth-order valence-electron chi connectivity index (χ4n) is 2.38. The summed E-state index contributed by atoms with van der Waals surface area (Å²) in [6.07, 6.45) is 3.40. The molecule has 1 aliphatic rings. The van der Waals surface area contributed by atoms with Gasteiger partial charge in [0.2, 0.25) is 5.95 Å². The first-order valence-electron chi connectivity index (χ1n) is 6.72. The van der Waals surface area contributed by atoms with Crippen molar-refractivity contribution in [3.05, 3.63) is 33.6 Å². The molecule has 7 nitrogen and oxygen atoms in total. The van der Waals surface area contributed by atoms with Gasteiger partial charge in [0.25, 0.3) is 5.56 Å². The molecule has 0 aliphatic carbocycles. The first-order valence-corrected chi connectivity index (χ1v) is 7.10. The number of hydrogen-bond acceptors (Lipinski definition) is 5. The Morgan fingerprint density at radius 1 is 1.52 bits per heavy atom. The van der Waals surface area contributed by atoms with Gasteiger partial charge in [0.05, 0.1) is 19.3 Å². The molecule has 21 heavy (non-hydrogen) atoms. The Labute approximate surface area is 126 Å². The topological polar surface area (TPSA) is 76.0 Å². The van der Waals surface area contributed by atoms with Gasteiger partial charge in [0.15, 0.2) is 5.82 Å². The Bertz CT molecular complexity index is 711. The summed E-state index contributed by atoms with van der Waals surface area (Å²) in [5.74, 6) is 1.63. The minimum absolute atomic E-state index is 0.102. The summed E-state index contributed by atoms with van der Waals surface area (Å²) >= 11 is 6.15. The van der Waals surface area contributed by atoms with Crippen LogP contribution >= 0.6 is 11.6 Å². The summed E-state index contributed by atoms with van der Waals surface area (Å²) in [7, 11) is 0. The summed E-state index contributed by atoms with van der Waals surface area (Å²) in [6, 6.07) is 0.113. The largest absolute Gasteiger partial charge is 0.377 e. The lowest BCUT2D eigenvalue weighted by Crippen LogP contribution is -2.45. The average Bonchev–Trinajstić information content (AvgIpc) is 2.89. The standard InChI is InChI=1S/C13H16ClN5O2/c1-8-7-21-6-5-18(8)11-10(14)12(20)17-13(16-11)19-4-3-15-9(19)2/h3-4,8H,5-7H2,1-2H3,(H,16,17,20)/t8-/m1/s1. The summed E-state index contributed by atoms with van der Waals surface area (Å²) in [6.45, 7) is 5.69. The van der Waals surface area contributed by atoms with Gasteiger partial charge < -0.3 is 9.64 Å². The molecule has 0 radical (unpaired) electrons. The van der Waals surface area contributed by atoms with Crippen molar-refractivity contribution in [2.45, 2.75) is 19.9 Å². The highest BCUT2D eigenvalue weighted by Crippen LogP contribution is 2.24. The molecule has 8 heteroatoms. The number of H-pyrrole nitrogens is 1. The monoisotopic (exact) mass is 309 g/mol. The lowest BCUT2D eigenvalue weighted by molar-refractivity contribution is 0.0985. The maximum Gasteiger partial charge on any atom is 0.273 e. The Morgan fingerprint density at radius 3 is 3.00 bits per heavy atom. The molecule has 0 saturated carbocycles. The third kappa shape index (κ3) is 2.54. The molecule has 3 rings (SSSR count). The van der Waals surface area contributed by atoms with E-state index in [-0.39, 0.29) is 16.6 Å². The van der Waals surface area contributed by atoms with Gasteiger partial charge in [0.1, 0.15) is 10.8 Å². The predicted molar refractivity (Wildman–Crippen MR) is 79.4 cm³/mol. The van der Waals surface area contributed by atoms with Crippen LogP contribution in [0.1, 0.15) is 12.7 Å². The molecule has 0 bridgehead atoms. The van der Waals surface area contributed by atoms with Crippen molar-refractivity contribution in [3.8, 4) is 5.95 Å². The van der Waals surface area contributed by atoms with Crippen LogP contribution in [-0.2, 0) is 4.74 Å². The molecule has 1 atom stereocenters. The van der Waals surface area contributed by atoms with Gasteiger partial charge >= 0.3 is 0 Å². The Morgan fingerprint density at radius 2 is 2.33 bits per heavy atom. The number of ether oxygens (including phenoxy) is 1. The zero-order valence-corrected chi connectivity index (χ0v) is 12.6. The molecule has 1 saturated heterocycles. The normalized spacial score (nSPS) is 19.0. The van der Waals surface area contributed by atoms with Crippen molar-refractivity contribution in [3.63, 3.8) is 0 Å². The number of aromatic amines is 1. The van der Waals surface area contributed by atoms with Crippen LogP contribution in [0.3, 0.4) is 0 Å². The number of halogens is 1. The second kappa shape index (κ2) is 5.50. The molecule has 2 aromatic rings. The SMILES string of the molecule is Cc1nccn1-c1nc(N2CCOC[C@H]2C)c(Cl)c(=O)[nH]1. The molecule has 1 fully saturated rings. The minimum atomic E-state index is -0.358. The second-order valence-electron chi connectivity index (χ2n) is 4.99. The summed E-state index contributed by atoms with van der Waals surface area (Å²) in [5.41, 5.74) is -0.358. The quantitative estimate of drug-likeness (QED) is 0.900. The number of hydrogen-bond donors (Lipinski definition) is 1. The van der Waals surface area contributed by atoms with E-state index in [1.54, 1.807) is 17.0 Å². The van der Waals surface area contributed by atoms with E-state index in [1.807, 2.05) is 18.7 Å². The van der Waals surface area contributed by atoms with Crippen molar-refractivity contribution in [2.24, 2.45) is 0 Å². The van der Waals surface area contributed by atoms with E-state index < -0.39 is 0 Å². The fraction of sp³-hybridized carbons (Fsp3) is 0.462. The summed E-state index contributed by atoms with van der Waals surface area (Å²) in [4.78, 5) is 25.4. The lowest BCUT2D eigenvalue weighted by atomic mass is 10.2. The first-order chi connectivity index (χ1) is 10.1. The molecule has 3 heterocycles. The smallest absolute Gasteiger partial charge is 0.273 e. The fourth-order valence-corrected chi connectivity index (χ4v) is 2.58. The van der Waals surface area contributed by atoms with Crippen LogP contribution in [0.2, 0.25) is 5.02 Å². The van der Waals surface area contributed by atoms with Gasteiger partial charge in [-0.05, 0) is 13.8 Å². The van der Waals surface area contributed by atoms with E-state index in [2.05, 4.69) is 15.0 Å². The summed E-state index contributed by atoms with van der Waals surface area (Å²) in [5, 5.41) is 0.102. The van der Waals surface area contributed by atoms with Crippen molar-refractivity contribution in [1.29, 1.82) is 0 Å². The number of aryl methyl sites for hydroxylation is 1. The van der Waals surface area contributed by atoms with Crippen molar-refractivity contribution in [1.82, 2.24) is 19.5 Å². The van der Waals surface area contributed by atoms with E-state index >= 15 is 0 Å². The van der Waals surface area contributed by atoms with Crippen LogP contribution in [0.5, 0.6) is 0 Å². The van der Waals surface area contributed by atoms with E-state index in [9.17, 15) is 4.79 Å². The highest BCUT2D eigenvalue weighted by Gasteiger charge is 2.24. The third-order valence-electron chi connectivity index (χ3n) is 3.53. The summed E-state index contributed by atoms with van der Waals surface area (Å²) < 4.78 is 7.13. The first kappa shape index (κ1) is 14.1. The van der Waals surface area contributed by atoms with E-state index in [1.165, 1.54) is 0 Å². The van der Waals surface area contributed by atoms with Crippen LogP contribution in [-0.4, -0.2) is 45.3 Å². The zero-order valence-electron chi connectivity index (χ0n) is 11.8. The average molecular weight is 310 g/mol. The number of rotatable bonds is 2. The van der Waals surface area contributed by atoms with Gasteiger partial charge in [0, 0.05) is 18.9 Å².